The van der Waals surface area contributed by atoms with Gasteiger partial charge in [0.15, 0.2) is 0 Å². The van der Waals surface area contributed by atoms with Crippen molar-refractivity contribution in [3.05, 3.63) is 71.8 Å². The van der Waals surface area contributed by atoms with E-state index in [2.05, 4.69) is 0 Å². The zero-order valence-electron chi connectivity index (χ0n) is 14.2. The van der Waals surface area contributed by atoms with Gasteiger partial charge in [-0.25, -0.2) is 0 Å². The predicted octanol–water partition coefficient (Wildman–Crippen LogP) is 1.78. The summed E-state index contributed by atoms with van der Waals surface area (Å²) in [5, 5.41) is 0. The molecule has 0 saturated carbocycles. The highest BCUT2D eigenvalue weighted by Gasteiger charge is 2.40. The topological polar surface area (TPSA) is 72.6 Å². The zero-order valence-corrected chi connectivity index (χ0v) is 14.2. The van der Waals surface area contributed by atoms with Crippen LogP contribution in [0.5, 0.6) is 0 Å². The van der Waals surface area contributed by atoms with Gasteiger partial charge in [-0.2, -0.15) is 0 Å². The summed E-state index contributed by atoms with van der Waals surface area (Å²) in [5.41, 5.74) is 7.92. The predicted molar refractivity (Wildman–Crippen MR) is 94.8 cm³/mol. The maximum Gasteiger partial charge on any atom is 0.312 e. The molecule has 3 rings (SSSR count). The standard InChI is InChI=1S/C20H22N2O3/c1-25-20(24)16-12-22(13-17(16)21)19(23)18(14-8-4-2-5-9-14)15-10-6-3-7-11-15/h2-11,16-18H,12-13,21H2,1H3/t16-,17-/m1/s1. The second-order valence-corrected chi connectivity index (χ2v) is 6.29. The number of benzene rings is 2. The number of hydrogen-bond acceptors (Lipinski definition) is 4. The van der Waals surface area contributed by atoms with Crippen LogP contribution in [0, 0.1) is 5.92 Å². The Balaban J connectivity index is 1.90. The highest BCUT2D eigenvalue weighted by atomic mass is 16.5. The molecule has 5 nitrogen and oxygen atoms in total. The van der Waals surface area contributed by atoms with E-state index in [1.807, 2.05) is 60.7 Å². The molecule has 130 valence electrons. The van der Waals surface area contributed by atoms with E-state index in [9.17, 15) is 9.59 Å². The molecule has 1 saturated heterocycles. The van der Waals surface area contributed by atoms with Crippen LogP contribution in [0.15, 0.2) is 60.7 Å². The van der Waals surface area contributed by atoms with Gasteiger partial charge in [-0.1, -0.05) is 60.7 Å². The second-order valence-electron chi connectivity index (χ2n) is 6.29. The van der Waals surface area contributed by atoms with E-state index in [-0.39, 0.29) is 11.9 Å². The molecule has 25 heavy (non-hydrogen) atoms. The van der Waals surface area contributed by atoms with Crippen molar-refractivity contribution in [1.29, 1.82) is 0 Å². The lowest BCUT2D eigenvalue weighted by atomic mass is 9.90. The van der Waals surface area contributed by atoms with Gasteiger partial charge in [-0.15, -0.1) is 0 Å². The molecule has 0 radical (unpaired) electrons. The zero-order chi connectivity index (χ0) is 17.8. The molecule has 1 fully saturated rings. The quantitative estimate of drug-likeness (QED) is 0.863. The summed E-state index contributed by atoms with van der Waals surface area (Å²) in [6.45, 7) is 0.650. The van der Waals surface area contributed by atoms with E-state index in [4.69, 9.17) is 10.5 Å². The summed E-state index contributed by atoms with van der Waals surface area (Å²) in [7, 11) is 1.34. The van der Waals surface area contributed by atoms with Crippen LogP contribution >= 0.6 is 0 Å². The van der Waals surface area contributed by atoms with Gasteiger partial charge in [0.05, 0.1) is 18.9 Å². The van der Waals surface area contributed by atoms with Gasteiger partial charge in [0.2, 0.25) is 5.91 Å². The van der Waals surface area contributed by atoms with E-state index in [0.717, 1.165) is 11.1 Å². The fraction of sp³-hybridized carbons (Fsp3) is 0.300. The number of ether oxygens (including phenoxy) is 1. The molecule has 1 heterocycles. The first-order valence-electron chi connectivity index (χ1n) is 8.34. The lowest BCUT2D eigenvalue weighted by Crippen LogP contribution is -2.36. The van der Waals surface area contributed by atoms with E-state index in [1.54, 1.807) is 4.90 Å². The van der Waals surface area contributed by atoms with Crippen molar-refractivity contribution < 1.29 is 14.3 Å². The van der Waals surface area contributed by atoms with Crippen LogP contribution < -0.4 is 5.73 Å². The van der Waals surface area contributed by atoms with Crippen molar-refractivity contribution in [3.8, 4) is 0 Å². The van der Waals surface area contributed by atoms with Gasteiger partial charge in [0.1, 0.15) is 0 Å². The van der Waals surface area contributed by atoms with Crippen LogP contribution in [0.1, 0.15) is 17.0 Å². The average molecular weight is 338 g/mol. The van der Waals surface area contributed by atoms with Crippen LogP contribution in [0.4, 0.5) is 0 Å². The number of nitrogens with two attached hydrogens (primary N) is 1. The maximum absolute atomic E-state index is 13.3. The van der Waals surface area contributed by atoms with Crippen molar-refractivity contribution in [1.82, 2.24) is 4.90 Å². The van der Waals surface area contributed by atoms with E-state index in [0.29, 0.717) is 13.1 Å². The minimum Gasteiger partial charge on any atom is -0.469 e. The minimum absolute atomic E-state index is 0.0424. The first kappa shape index (κ1) is 17.2. The Morgan fingerprint density at radius 1 is 1.00 bits per heavy atom. The van der Waals surface area contributed by atoms with Crippen molar-refractivity contribution >= 4 is 11.9 Å². The third-order valence-corrected chi connectivity index (χ3v) is 4.69. The number of nitrogens with zero attached hydrogens (tertiary/aromatic N) is 1. The van der Waals surface area contributed by atoms with Gasteiger partial charge in [0.25, 0.3) is 0 Å². The third-order valence-electron chi connectivity index (χ3n) is 4.69. The number of amides is 1. The minimum atomic E-state index is -0.471. The molecule has 2 aromatic rings. The molecule has 1 amide bonds. The highest BCUT2D eigenvalue weighted by Crippen LogP contribution is 2.29. The Bertz CT molecular complexity index is 694. The molecule has 1 aliphatic heterocycles. The Labute approximate surface area is 147 Å². The Hall–Kier alpha value is -2.66. The normalized spacial score (nSPS) is 19.9. The van der Waals surface area contributed by atoms with Gasteiger partial charge in [0, 0.05) is 19.1 Å². The maximum atomic E-state index is 13.3. The summed E-state index contributed by atoms with van der Waals surface area (Å²) in [5.74, 6) is -1.29. The summed E-state index contributed by atoms with van der Waals surface area (Å²) >= 11 is 0. The molecule has 2 atom stereocenters. The van der Waals surface area contributed by atoms with Gasteiger partial charge in [-0.05, 0) is 11.1 Å². The van der Waals surface area contributed by atoms with Crippen LogP contribution in [-0.4, -0.2) is 43.0 Å². The lowest BCUT2D eigenvalue weighted by Gasteiger charge is -2.24. The van der Waals surface area contributed by atoms with Crippen molar-refractivity contribution in [3.63, 3.8) is 0 Å². The van der Waals surface area contributed by atoms with Crippen LogP contribution in [0.25, 0.3) is 0 Å². The highest BCUT2D eigenvalue weighted by molar-refractivity contribution is 5.88. The molecule has 5 heteroatoms. The molecule has 2 aromatic carbocycles. The van der Waals surface area contributed by atoms with Gasteiger partial charge >= 0.3 is 5.97 Å². The lowest BCUT2D eigenvalue weighted by molar-refractivity contribution is -0.145. The number of methoxy groups -OCH3 is 1. The van der Waals surface area contributed by atoms with Crippen molar-refractivity contribution in [2.45, 2.75) is 12.0 Å². The summed E-state index contributed by atoms with van der Waals surface area (Å²) < 4.78 is 4.81. The Morgan fingerprint density at radius 3 is 2.00 bits per heavy atom. The van der Waals surface area contributed by atoms with Crippen LogP contribution in [-0.2, 0) is 14.3 Å². The number of rotatable bonds is 4. The molecule has 2 N–H and O–H groups in total. The molecular weight excluding hydrogens is 316 g/mol. The average Bonchev–Trinajstić information content (AvgIpc) is 3.05. The van der Waals surface area contributed by atoms with Crippen molar-refractivity contribution in [2.24, 2.45) is 11.7 Å². The Morgan fingerprint density at radius 2 is 1.52 bits per heavy atom. The van der Waals surface area contributed by atoms with Gasteiger partial charge < -0.3 is 15.4 Å². The molecule has 0 bridgehead atoms. The number of hydrogen-bond donors (Lipinski definition) is 1. The Kier molecular flexibility index (Phi) is 5.14. The van der Waals surface area contributed by atoms with Gasteiger partial charge in [-0.3, -0.25) is 9.59 Å². The van der Waals surface area contributed by atoms with Crippen molar-refractivity contribution in [2.75, 3.05) is 20.2 Å². The second kappa shape index (κ2) is 7.49. The molecule has 0 unspecified atom stereocenters. The largest absolute Gasteiger partial charge is 0.469 e. The molecule has 0 spiro atoms. The number of esters is 1. The van der Waals surface area contributed by atoms with Crippen LogP contribution in [0.3, 0.4) is 0 Å². The first-order valence-corrected chi connectivity index (χ1v) is 8.34. The fourth-order valence-electron chi connectivity index (χ4n) is 3.36. The summed E-state index contributed by atoms with van der Waals surface area (Å²) in [6, 6.07) is 18.9. The number of carbonyl (C=O) groups excluding carboxylic acids is 2. The van der Waals surface area contributed by atoms with E-state index < -0.39 is 17.9 Å². The number of likely N-dealkylation sites (tertiary alicyclic amines) is 1. The third kappa shape index (κ3) is 3.56. The molecular formula is C20H22N2O3. The monoisotopic (exact) mass is 338 g/mol. The SMILES string of the molecule is COC(=O)[C@@H]1CN(C(=O)C(c2ccccc2)c2ccccc2)C[C@H]1N. The molecule has 0 aliphatic carbocycles. The van der Waals surface area contributed by atoms with E-state index in [1.165, 1.54) is 7.11 Å². The fourth-order valence-corrected chi connectivity index (χ4v) is 3.36. The van der Waals surface area contributed by atoms with E-state index >= 15 is 0 Å². The first-order chi connectivity index (χ1) is 12.1. The number of carbonyl (C=O) groups is 2. The summed E-state index contributed by atoms with van der Waals surface area (Å²) in [4.78, 5) is 26.8. The molecule has 1 aliphatic rings. The summed E-state index contributed by atoms with van der Waals surface area (Å²) in [6.07, 6.45) is 0. The van der Waals surface area contributed by atoms with Crippen LogP contribution in [0.2, 0.25) is 0 Å². The smallest absolute Gasteiger partial charge is 0.312 e. The molecule has 0 aromatic heterocycles.